The van der Waals surface area contributed by atoms with Gasteiger partial charge in [0.05, 0.1) is 6.54 Å². The van der Waals surface area contributed by atoms with Gasteiger partial charge < -0.3 is 15.4 Å². The molecule has 180 valence electrons. The van der Waals surface area contributed by atoms with Gasteiger partial charge in [-0.25, -0.2) is 4.79 Å². The van der Waals surface area contributed by atoms with Gasteiger partial charge in [-0.1, -0.05) is 61.5 Å². The van der Waals surface area contributed by atoms with E-state index in [1.54, 1.807) is 7.11 Å². The van der Waals surface area contributed by atoms with Crippen LogP contribution in [0.4, 0.5) is 11.5 Å². The Morgan fingerprint density at radius 1 is 1.03 bits per heavy atom. The average Bonchev–Trinajstić information content (AvgIpc) is 2.85. The van der Waals surface area contributed by atoms with Crippen LogP contribution in [0.2, 0.25) is 0 Å². The zero-order chi connectivity index (χ0) is 24.5. The van der Waals surface area contributed by atoms with Crippen LogP contribution in [0.3, 0.4) is 0 Å². The van der Waals surface area contributed by atoms with Crippen molar-refractivity contribution in [2.45, 2.75) is 39.2 Å². The third kappa shape index (κ3) is 6.23. The largest absolute Gasteiger partial charge is 0.385 e. The quantitative estimate of drug-likeness (QED) is 0.424. The Labute approximate surface area is 199 Å². The van der Waals surface area contributed by atoms with Crippen molar-refractivity contribution in [2.75, 3.05) is 30.9 Å². The molecule has 0 saturated heterocycles. The molecule has 0 atom stereocenters. The monoisotopic (exact) mass is 464 g/mol. The maximum atomic E-state index is 13.3. The van der Waals surface area contributed by atoms with Gasteiger partial charge >= 0.3 is 5.69 Å². The van der Waals surface area contributed by atoms with E-state index in [1.807, 2.05) is 42.5 Å². The molecule has 3 N–H and O–H groups in total. The Morgan fingerprint density at radius 2 is 1.71 bits per heavy atom. The first-order valence-electron chi connectivity index (χ1n) is 11.5. The topological polar surface area (TPSA) is 110 Å². The zero-order valence-corrected chi connectivity index (χ0v) is 19.8. The minimum absolute atomic E-state index is 0.00188. The van der Waals surface area contributed by atoms with Crippen LogP contribution in [0.1, 0.15) is 36.5 Å². The van der Waals surface area contributed by atoms with Crippen molar-refractivity contribution in [3.63, 3.8) is 0 Å². The minimum Gasteiger partial charge on any atom is -0.385 e. The van der Waals surface area contributed by atoms with E-state index in [-0.39, 0.29) is 36.9 Å². The fourth-order valence-electron chi connectivity index (χ4n) is 3.82. The van der Waals surface area contributed by atoms with Gasteiger partial charge in [0.1, 0.15) is 5.82 Å². The van der Waals surface area contributed by atoms with E-state index in [1.165, 1.54) is 15.0 Å². The van der Waals surface area contributed by atoms with Crippen molar-refractivity contribution in [3.05, 3.63) is 92.1 Å². The number of hydrogen-bond donors (Lipinski definition) is 2. The number of anilines is 2. The first kappa shape index (κ1) is 25.0. The molecule has 0 saturated carbocycles. The van der Waals surface area contributed by atoms with Crippen molar-refractivity contribution >= 4 is 17.4 Å². The second-order valence-electron chi connectivity index (χ2n) is 8.13. The number of carbonyl (C=O) groups excluding carboxylic acids is 1. The molecule has 0 spiro atoms. The number of benzene rings is 2. The molecule has 1 heterocycles. The molecule has 0 aliphatic heterocycles. The molecule has 0 unspecified atom stereocenters. The summed E-state index contributed by atoms with van der Waals surface area (Å²) in [5.74, 6) is -0.270. The number of aryl methyl sites for hydroxylation is 2. The molecule has 1 amide bonds. The molecule has 0 aliphatic carbocycles. The number of hydrogen-bond acceptors (Lipinski definition) is 5. The SMILES string of the molecule is CCc1ccc(CCC(=O)N(CCCOC)c2c(N)n(Cc3ccccc3)c(=O)[nH]c2=O)cc1. The maximum absolute atomic E-state index is 13.3. The third-order valence-corrected chi connectivity index (χ3v) is 5.76. The van der Waals surface area contributed by atoms with Crippen molar-refractivity contribution in [3.8, 4) is 0 Å². The summed E-state index contributed by atoms with van der Waals surface area (Å²) in [4.78, 5) is 42.3. The van der Waals surface area contributed by atoms with E-state index in [4.69, 9.17) is 10.5 Å². The van der Waals surface area contributed by atoms with Crippen LogP contribution in [0.5, 0.6) is 0 Å². The molecular weight excluding hydrogens is 432 g/mol. The number of aromatic nitrogens is 2. The van der Waals surface area contributed by atoms with Crippen molar-refractivity contribution in [1.29, 1.82) is 0 Å². The lowest BCUT2D eigenvalue weighted by Crippen LogP contribution is -2.42. The van der Waals surface area contributed by atoms with Gasteiger partial charge in [0.25, 0.3) is 5.56 Å². The second kappa shape index (κ2) is 12.0. The van der Waals surface area contributed by atoms with E-state index < -0.39 is 11.2 Å². The van der Waals surface area contributed by atoms with Crippen molar-refractivity contribution in [2.24, 2.45) is 0 Å². The molecule has 0 fully saturated rings. The summed E-state index contributed by atoms with van der Waals surface area (Å²) < 4.78 is 6.41. The fourth-order valence-corrected chi connectivity index (χ4v) is 3.82. The van der Waals surface area contributed by atoms with Gasteiger partial charge in [0.15, 0.2) is 5.69 Å². The summed E-state index contributed by atoms with van der Waals surface area (Å²) in [5.41, 5.74) is 8.16. The van der Waals surface area contributed by atoms with E-state index in [0.717, 1.165) is 17.5 Å². The molecular formula is C26H32N4O4. The summed E-state index contributed by atoms with van der Waals surface area (Å²) in [6.45, 7) is 2.94. The molecule has 3 rings (SSSR count). The summed E-state index contributed by atoms with van der Waals surface area (Å²) in [7, 11) is 1.58. The number of nitrogens with one attached hydrogen (secondary N) is 1. The zero-order valence-electron chi connectivity index (χ0n) is 19.8. The summed E-state index contributed by atoms with van der Waals surface area (Å²) in [6.07, 6.45) is 2.21. The molecule has 34 heavy (non-hydrogen) atoms. The van der Waals surface area contributed by atoms with Crippen LogP contribution >= 0.6 is 0 Å². The Kier molecular flexibility index (Phi) is 8.81. The molecule has 2 aromatic carbocycles. The van der Waals surface area contributed by atoms with Crippen LogP contribution in [0.15, 0.2) is 64.2 Å². The number of methoxy groups -OCH3 is 1. The molecule has 0 radical (unpaired) electrons. The predicted molar refractivity (Wildman–Crippen MR) is 134 cm³/mol. The minimum atomic E-state index is -0.676. The van der Waals surface area contributed by atoms with Crippen LogP contribution in [0, 0.1) is 0 Å². The standard InChI is InChI=1S/C26H32N4O4/c1-3-19-10-12-20(13-11-19)14-15-22(31)29(16-7-17-34-2)23-24(27)30(26(33)28-25(23)32)18-21-8-5-4-6-9-21/h4-6,8-13H,3,7,14-18,27H2,1-2H3,(H,28,32,33). The first-order valence-corrected chi connectivity index (χ1v) is 11.5. The Morgan fingerprint density at radius 3 is 2.35 bits per heavy atom. The van der Waals surface area contributed by atoms with Crippen LogP contribution in [-0.4, -0.2) is 35.7 Å². The Balaban J connectivity index is 1.90. The van der Waals surface area contributed by atoms with E-state index in [0.29, 0.717) is 19.4 Å². The second-order valence-corrected chi connectivity index (χ2v) is 8.13. The van der Waals surface area contributed by atoms with Gasteiger partial charge in [-0.3, -0.25) is 19.1 Å². The predicted octanol–water partition coefficient (Wildman–Crippen LogP) is 2.73. The summed E-state index contributed by atoms with van der Waals surface area (Å²) in [6, 6.07) is 17.5. The number of carbonyl (C=O) groups is 1. The third-order valence-electron chi connectivity index (χ3n) is 5.76. The smallest absolute Gasteiger partial charge is 0.330 e. The van der Waals surface area contributed by atoms with Gasteiger partial charge in [0, 0.05) is 26.7 Å². The van der Waals surface area contributed by atoms with Gasteiger partial charge in [-0.15, -0.1) is 0 Å². The van der Waals surface area contributed by atoms with Gasteiger partial charge in [0.2, 0.25) is 5.91 Å². The molecule has 0 bridgehead atoms. The number of amides is 1. The number of aromatic amines is 1. The highest BCUT2D eigenvalue weighted by molar-refractivity contribution is 5.95. The summed E-state index contributed by atoms with van der Waals surface area (Å²) in [5, 5.41) is 0. The molecule has 1 aromatic heterocycles. The fraction of sp³-hybridized carbons (Fsp3) is 0.346. The lowest BCUT2D eigenvalue weighted by Gasteiger charge is -2.24. The van der Waals surface area contributed by atoms with Crippen LogP contribution in [-0.2, 0) is 28.9 Å². The number of nitrogen functional groups attached to an aromatic ring is 1. The maximum Gasteiger partial charge on any atom is 0.330 e. The van der Waals surface area contributed by atoms with Crippen LogP contribution in [0.25, 0.3) is 0 Å². The van der Waals surface area contributed by atoms with E-state index in [2.05, 4.69) is 24.0 Å². The summed E-state index contributed by atoms with van der Waals surface area (Å²) >= 11 is 0. The first-order chi connectivity index (χ1) is 16.4. The lowest BCUT2D eigenvalue weighted by atomic mass is 10.1. The molecule has 0 aliphatic rings. The van der Waals surface area contributed by atoms with Gasteiger partial charge in [-0.05, 0) is 36.0 Å². The van der Waals surface area contributed by atoms with Crippen molar-refractivity contribution in [1.82, 2.24) is 9.55 Å². The average molecular weight is 465 g/mol. The normalized spacial score (nSPS) is 10.9. The number of nitrogens with zero attached hydrogens (tertiary/aromatic N) is 2. The molecule has 3 aromatic rings. The molecule has 8 nitrogen and oxygen atoms in total. The Bertz CT molecular complexity index is 1200. The Hall–Kier alpha value is -3.65. The lowest BCUT2D eigenvalue weighted by molar-refractivity contribution is -0.118. The number of rotatable bonds is 11. The molecule has 8 heteroatoms. The number of nitrogens with two attached hydrogens (primary N) is 1. The highest BCUT2D eigenvalue weighted by atomic mass is 16.5. The highest BCUT2D eigenvalue weighted by Crippen LogP contribution is 2.20. The number of ether oxygens (including phenoxy) is 1. The van der Waals surface area contributed by atoms with Crippen LogP contribution < -0.4 is 21.9 Å². The number of H-pyrrole nitrogens is 1. The van der Waals surface area contributed by atoms with E-state index in [9.17, 15) is 14.4 Å². The van der Waals surface area contributed by atoms with Crippen molar-refractivity contribution < 1.29 is 9.53 Å². The van der Waals surface area contributed by atoms with Gasteiger partial charge in [-0.2, -0.15) is 0 Å². The van der Waals surface area contributed by atoms with E-state index >= 15 is 0 Å². The highest BCUT2D eigenvalue weighted by Gasteiger charge is 2.24.